The van der Waals surface area contributed by atoms with E-state index in [1.54, 1.807) is 24.1 Å². The highest BCUT2D eigenvalue weighted by Crippen LogP contribution is 2.13. The summed E-state index contributed by atoms with van der Waals surface area (Å²) >= 11 is 0. The first-order valence-corrected chi connectivity index (χ1v) is 7.06. The second kappa shape index (κ2) is 6.53. The van der Waals surface area contributed by atoms with Crippen molar-refractivity contribution in [1.82, 2.24) is 15.2 Å². The van der Waals surface area contributed by atoms with Gasteiger partial charge in [0, 0.05) is 37.3 Å². The standard InChI is InChI=1S/C14H21N5O2/c1-3-10-6-9(7-12(16-10)18-15)14(21)17-11-4-5-13(20)19(2)8-11/h6-7,11H,3-5,8,15H2,1-2H3,(H,16,18)(H,17,21). The van der Waals surface area contributed by atoms with Crippen molar-refractivity contribution in [3.05, 3.63) is 23.4 Å². The first-order chi connectivity index (χ1) is 10.0. The Morgan fingerprint density at radius 2 is 2.29 bits per heavy atom. The number of nitrogen functional groups attached to an aromatic ring is 1. The number of likely N-dealkylation sites (N-methyl/N-ethyl adjacent to an activating group) is 1. The molecule has 1 aliphatic rings. The fourth-order valence-corrected chi connectivity index (χ4v) is 2.37. The van der Waals surface area contributed by atoms with Crippen molar-refractivity contribution in [2.45, 2.75) is 32.2 Å². The average molecular weight is 291 g/mol. The zero-order chi connectivity index (χ0) is 15.4. The number of hydrazine groups is 1. The maximum Gasteiger partial charge on any atom is 0.251 e. The normalized spacial score (nSPS) is 18.5. The molecule has 1 fully saturated rings. The van der Waals surface area contributed by atoms with Crippen LogP contribution in [0.15, 0.2) is 12.1 Å². The summed E-state index contributed by atoms with van der Waals surface area (Å²) in [5.74, 6) is 5.79. The minimum Gasteiger partial charge on any atom is -0.348 e. The van der Waals surface area contributed by atoms with E-state index in [0.29, 0.717) is 30.8 Å². The summed E-state index contributed by atoms with van der Waals surface area (Å²) in [6.45, 7) is 2.50. The molecular formula is C14H21N5O2. The van der Waals surface area contributed by atoms with Crippen LogP contribution in [0.25, 0.3) is 0 Å². The van der Waals surface area contributed by atoms with Crippen molar-refractivity contribution < 1.29 is 9.59 Å². The Kier molecular flexibility index (Phi) is 4.74. The Hall–Kier alpha value is -2.15. The van der Waals surface area contributed by atoms with Crippen molar-refractivity contribution in [1.29, 1.82) is 0 Å². The molecule has 1 unspecified atom stereocenters. The van der Waals surface area contributed by atoms with Crippen LogP contribution < -0.4 is 16.6 Å². The lowest BCUT2D eigenvalue weighted by Crippen LogP contribution is -2.48. The summed E-state index contributed by atoms with van der Waals surface area (Å²) in [7, 11) is 1.75. The number of likely N-dealkylation sites (tertiary alicyclic amines) is 1. The molecule has 2 heterocycles. The van der Waals surface area contributed by atoms with Gasteiger partial charge >= 0.3 is 0 Å². The molecule has 0 spiro atoms. The van der Waals surface area contributed by atoms with E-state index in [4.69, 9.17) is 5.84 Å². The van der Waals surface area contributed by atoms with Gasteiger partial charge in [-0.15, -0.1) is 0 Å². The number of hydrogen-bond donors (Lipinski definition) is 3. The zero-order valence-electron chi connectivity index (χ0n) is 12.3. The van der Waals surface area contributed by atoms with Gasteiger partial charge in [-0.2, -0.15) is 0 Å². The quantitative estimate of drug-likeness (QED) is 0.546. The number of aromatic nitrogens is 1. The van der Waals surface area contributed by atoms with Crippen molar-refractivity contribution in [2.75, 3.05) is 19.0 Å². The molecule has 1 atom stereocenters. The van der Waals surface area contributed by atoms with Crippen LogP contribution in [0.5, 0.6) is 0 Å². The van der Waals surface area contributed by atoms with Crippen LogP contribution in [0.2, 0.25) is 0 Å². The van der Waals surface area contributed by atoms with E-state index in [2.05, 4.69) is 15.7 Å². The molecule has 1 saturated heterocycles. The summed E-state index contributed by atoms with van der Waals surface area (Å²) in [6, 6.07) is 3.35. The van der Waals surface area contributed by atoms with Crippen LogP contribution in [-0.4, -0.2) is 41.3 Å². The predicted molar refractivity (Wildman–Crippen MR) is 79.6 cm³/mol. The number of nitrogens with two attached hydrogens (primary N) is 1. The fraction of sp³-hybridized carbons (Fsp3) is 0.500. The van der Waals surface area contributed by atoms with Crippen LogP contribution in [0.1, 0.15) is 35.8 Å². The highest BCUT2D eigenvalue weighted by atomic mass is 16.2. The van der Waals surface area contributed by atoms with Crippen molar-refractivity contribution in [2.24, 2.45) is 5.84 Å². The lowest BCUT2D eigenvalue weighted by atomic mass is 10.0. The molecule has 4 N–H and O–H groups in total. The number of pyridine rings is 1. The van der Waals surface area contributed by atoms with Crippen molar-refractivity contribution >= 4 is 17.6 Å². The number of rotatable bonds is 4. The Labute approximate surface area is 123 Å². The molecule has 0 bridgehead atoms. The van der Waals surface area contributed by atoms with Gasteiger partial charge in [-0.3, -0.25) is 9.59 Å². The van der Waals surface area contributed by atoms with E-state index in [-0.39, 0.29) is 17.9 Å². The predicted octanol–water partition coefficient (Wildman–Crippen LogP) is 0.280. The minimum atomic E-state index is -0.170. The van der Waals surface area contributed by atoms with Crippen LogP contribution in [0, 0.1) is 0 Å². The lowest BCUT2D eigenvalue weighted by molar-refractivity contribution is -0.132. The molecule has 7 nitrogen and oxygen atoms in total. The number of nitrogens with one attached hydrogen (secondary N) is 2. The molecule has 114 valence electrons. The Morgan fingerprint density at radius 1 is 1.52 bits per heavy atom. The first-order valence-electron chi connectivity index (χ1n) is 7.06. The maximum absolute atomic E-state index is 12.3. The third-order valence-electron chi connectivity index (χ3n) is 3.61. The smallest absolute Gasteiger partial charge is 0.251 e. The molecule has 1 aromatic rings. The van der Waals surface area contributed by atoms with Gasteiger partial charge in [0.25, 0.3) is 5.91 Å². The number of piperidine rings is 1. The van der Waals surface area contributed by atoms with Gasteiger partial charge in [0.1, 0.15) is 5.82 Å². The maximum atomic E-state index is 12.3. The van der Waals surface area contributed by atoms with Crippen LogP contribution in [0.3, 0.4) is 0 Å². The summed E-state index contributed by atoms with van der Waals surface area (Å²) < 4.78 is 0. The fourth-order valence-electron chi connectivity index (χ4n) is 2.37. The number of carbonyl (C=O) groups is 2. The largest absolute Gasteiger partial charge is 0.348 e. The summed E-state index contributed by atoms with van der Waals surface area (Å²) in [4.78, 5) is 29.7. The molecule has 2 rings (SSSR count). The van der Waals surface area contributed by atoms with Crippen molar-refractivity contribution in [3.63, 3.8) is 0 Å². The second-order valence-corrected chi connectivity index (χ2v) is 5.21. The molecule has 1 aromatic heterocycles. The number of nitrogens with zero attached hydrogens (tertiary/aromatic N) is 2. The lowest BCUT2D eigenvalue weighted by Gasteiger charge is -2.30. The summed E-state index contributed by atoms with van der Waals surface area (Å²) in [5, 5.41) is 2.96. The SMILES string of the molecule is CCc1cc(C(=O)NC2CCC(=O)N(C)C2)cc(NN)n1. The molecule has 1 aliphatic heterocycles. The van der Waals surface area contributed by atoms with Crippen molar-refractivity contribution in [3.8, 4) is 0 Å². The highest BCUT2D eigenvalue weighted by Gasteiger charge is 2.24. The van der Waals surface area contributed by atoms with Gasteiger partial charge in [0.2, 0.25) is 5.91 Å². The number of amides is 2. The minimum absolute atomic E-state index is 0.0206. The third kappa shape index (κ3) is 3.69. The average Bonchev–Trinajstić information content (AvgIpc) is 2.50. The third-order valence-corrected chi connectivity index (χ3v) is 3.61. The van der Waals surface area contributed by atoms with Gasteiger partial charge in [0.05, 0.1) is 0 Å². The molecule has 0 aromatic carbocycles. The summed E-state index contributed by atoms with van der Waals surface area (Å²) in [6.07, 6.45) is 1.85. The van der Waals surface area contributed by atoms with E-state index in [1.807, 2.05) is 6.92 Å². The zero-order valence-corrected chi connectivity index (χ0v) is 12.3. The van der Waals surface area contributed by atoms with Crippen LogP contribution >= 0.6 is 0 Å². The van der Waals surface area contributed by atoms with E-state index < -0.39 is 0 Å². The molecule has 0 radical (unpaired) electrons. The number of carbonyl (C=O) groups excluding carboxylic acids is 2. The van der Waals surface area contributed by atoms with Gasteiger partial charge in [-0.1, -0.05) is 6.92 Å². The molecular weight excluding hydrogens is 270 g/mol. The van der Waals surface area contributed by atoms with Gasteiger partial charge in [-0.05, 0) is 25.0 Å². The van der Waals surface area contributed by atoms with Gasteiger partial charge in [-0.25, -0.2) is 10.8 Å². The van der Waals surface area contributed by atoms with E-state index in [0.717, 1.165) is 12.1 Å². The summed E-state index contributed by atoms with van der Waals surface area (Å²) in [5.41, 5.74) is 3.79. The highest BCUT2D eigenvalue weighted by molar-refractivity contribution is 5.95. The van der Waals surface area contributed by atoms with E-state index in [1.165, 1.54) is 0 Å². The second-order valence-electron chi connectivity index (χ2n) is 5.21. The Bertz CT molecular complexity index is 524. The van der Waals surface area contributed by atoms with Crippen LogP contribution in [-0.2, 0) is 11.2 Å². The molecule has 0 aliphatic carbocycles. The van der Waals surface area contributed by atoms with Gasteiger partial charge in [0.15, 0.2) is 0 Å². The monoisotopic (exact) mass is 291 g/mol. The Balaban J connectivity index is 2.08. The number of anilines is 1. The topological polar surface area (TPSA) is 100 Å². The Morgan fingerprint density at radius 3 is 2.90 bits per heavy atom. The number of hydrogen-bond acceptors (Lipinski definition) is 5. The van der Waals surface area contributed by atoms with E-state index >= 15 is 0 Å². The number of aryl methyl sites for hydroxylation is 1. The molecule has 21 heavy (non-hydrogen) atoms. The van der Waals surface area contributed by atoms with Gasteiger partial charge < -0.3 is 15.6 Å². The van der Waals surface area contributed by atoms with E-state index in [9.17, 15) is 9.59 Å². The molecule has 2 amide bonds. The first kappa shape index (κ1) is 15.2. The van der Waals surface area contributed by atoms with Crippen LogP contribution in [0.4, 0.5) is 5.82 Å². The molecule has 0 saturated carbocycles. The molecule has 7 heteroatoms.